The highest BCUT2D eigenvalue weighted by Gasteiger charge is 2.25. The van der Waals surface area contributed by atoms with Gasteiger partial charge in [-0.05, 0) is 63.1 Å². The summed E-state index contributed by atoms with van der Waals surface area (Å²) in [4.78, 5) is 11.1. The zero-order chi connectivity index (χ0) is 22.4. The Morgan fingerprint density at radius 3 is 2.48 bits per heavy atom. The molecule has 0 saturated heterocycles. The average molecular weight is 443 g/mol. The summed E-state index contributed by atoms with van der Waals surface area (Å²) >= 11 is 1.32. The Morgan fingerprint density at radius 1 is 1.06 bits per heavy atom. The molecule has 164 valence electrons. The van der Waals surface area contributed by atoms with Gasteiger partial charge in [0.15, 0.2) is 16.7 Å². The van der Waals surface area contributed by atoms with Crippen molar-refractivity contribution in [1.82, 2.24) is 14.8 Å². The van der Waals surface area contributed by atoms with E-state index >= 15 is 0 Å². The Morgan fingerprint density at radius 2 is 1.81 bits per heavy atom. The van der Waals surface area contributed by atoms with Crippen LogP contribution in [-0.2, 0) is 0 Å². The van der Waals surface area contributed by atoms with E-state index in [0.717, 1.165) is 22.6 Å². The number of ether oxygens (including phenoxy) is 2. The second kappa shape index (κ2) is 10.3. The molecule has 0 N–H and O–H groups in total. The van der Waals surface area contributed by atoms with Crippen LogP contribution in [0, 0.1) is 24.0 Å². The van der Waals surface area contributed by atoms with Crippen LogP contribution in [0.25, 0.3) is 5.69 Å². The van der Waals surface area contributed by atoms with Crippen molar-refractivity contribution < 1.29 is 14.4 Å². The quantitative estimate of drug-likeness (QED) is 0.253. The molecule has 9 heteroatoms. The second-order valence-corrected chi connectivity index (χ2v) is 8.07. The van der Waals surface area contributed by atoms with Crippen LogP contribution in [0.5, 0.6) is 11.5 Å². The fourth-order valence-electron chi connectivity index (χ4n) is 3.22. The molecule has 0 spiro atoms. The number of aryl methyl sites for hydroxylation is 2. The van der Waals surface area contributed by atoms with Crippen LogP contribution < -0.4 is 9.47 Å². The molecule has 0 aliphatic carbocycles. The fraction of sp³-hybridized carbons (Fsp3) is 0.364. The van der Waals surface area contributed by atoms with Crippen LogP contribution in [-0.4, -0.2) is 39.4 Å². The van der Waals surface area contributed by atoms with Gasteiger partial charge < -0.3 is 9.47 Å². The summed E-state index contributed by atoms with van der Waals surface area (Å²) < 4.78 is 13.3. The summed E-state index contributed by atoms with van der Waals surface area (Å²) in [5.74, 6) is 1.92. The molecular formula is C22H26N4O4S. The topological polar surface area (TPSA) is 92.3 Å². The molecule has 3 aromatic rings. The number of hydrogen-bond donors (Lipinski definition) is 0. The zero-order valence-electron chi connectivity index (χ0n) is 18.1. The first-order chi connectivity index (χ1) is 14.9. The highest BCUT2D eigenvalue weighted by molar-refractivity contribution is 7.99. The molecule has 0 radical (unpaired) electrons. The fourth-order valence-corrected chi connectivity index (χ4v) is 4.39. The third kappa shape index (κ3) is 5.55. The third-order valence-corrected chi connectivity index (χ3v) is 5.74. The van der Waals surface area contributed by atoms with Crippen LogP contribution in [0.4, 0.5) is 0 Å². The molecule has 0 aliphatic heterocycles. The summed E-state index contributed by atoms with van der Waals surface area (Å²) in [7, 11) is 0. The molecule has 0 amide bonds. The highest BCUT2D eigenvalue weighted by atomic mass is 32.2. The summed E-state index contributed by atoms with van der Waals surface area (Å²) in [6.07, 6.45) is 0. The van der Waals surface area contributed by atoms with Gasteiger partial charge in [-0.2, -0.15) is 0 Å². The minimum absolute atomic E-state index is 0.260. The Balaban J connectivity index is 1.99. The number of rotatable bonds is 10. The molecule has 2 aromatic carbocycles. The zero-order valence-corrected chi connectivity index (χ0v) is 18.9. The van der Waals surface area contributed by atoms with Gasteiger partial charge in [0, 0.05) is 10.6 Å². The van der Waals surface area contributed by atoms with E-state index in [1.165, 1.54) is 11.8 Å². The van der Waals surface area contributed by atoms with E-state index in [1.54, 1.807) is 6.07 Å². The summed E-state index contributed by atoms with van der Waals surface area (Å²) in [6.45, 7) is 8.38. The van der Waals surface area contributed by atoms with Crippen LogP contribution in [0.1, 0.15) is 36.0 Å². The first-order valence-corrected chi connectivity index (χ1v) is 11.0. The lowest BCUT2D eigenvalue weighted by Crippen LogP contribution is -2.11. The first kappa shape index (κ1) is 22.6. The van der Waals surface area contributed by atoms with Crippen LogP contribution in [0.2, 0.25) is 0 Å². The van der Waals surface area contributed by atoms with Crippen molar-refractivity contribution in [2.75, 3.05) is 19.8 Å². The van der Waals surface area contributed by atoms with Crippen molar-refractivity contribution in [3.63, 3.8) is 0 Å². The lowest BCUT2D eigenvalue weighted by Gasteiger charge is -2.17. The molecule has 3 rings (SSSR count). The van der Waals surface area contributed by atoms with Crippen molar-refractivity contribution in [3.8, 4) is 17.2 Å². The third-order valence-electron chi connectivity index (χ3n) is 4.56. The lowest BCUT2D eigenvalue weighted by atomic mass is 10.1. The smallest absolute Gasteiger partial charge is 0.220 e. The van der Waals surface area contributed by atoms with Gasteiger partial charge in [-0.1, -0.05) is 30.0 Å². The first-order valence-electron chi connectivity index (χ1n) is 10.1. The molecule has 1 heterocycles. The number of aromatic nitrogens is 3. The van der Waals surface area contributed by atoms with E-state index in [2.05, 4.69) is 10.2 Å². The highest BCUT2D eigenvalue weighted by Crippen LogP contribution is 2.39. The van der Waals surface area contributed by atoms with E-state index < -0.39 is 5.25 Å². The van der Waals surface area contributed by atoms with Gasteiger partial charge in [0.1, 0.15) is 11.1 Å². The van der Waals surface area contributed by atoms with E-state index in [9.17, 15) is 10.1 Å². The molecule has 0 unspecified atom stereocenters. The maximum Gasteiger partial charge on any atom is 0.220 e. The van der Waals surface area contributed by atoms with Crippen molar-refractivity contribution in [1.29, 1.82) is 0 Å². The summed E-state index contributed by atoms with van der Waals surface area (Å²) in [6, 6.07) is 13.4. The van der Waals surface area contributed by atoms with Crippen LogP contribution in [0.3, 0.4) is 0 Å². The number of nitro groups is 1. The monoisotopic (exact) mass is 442 g/mol. The molecule has 0 bridgehead atoms. The molecule has 0 aliphatic rings. The largest absolute Gasteiger partial charge is 0.490 e. The minimum atomic E-state index is -0.475. The predicted molar refractivity (Wildman–Crippen MR) is 120 cm³/mol. The van der Waals surface area contributed by atoms with Gasteiger partial charge in [0.25, 0.3) is 0 Å². The maximum atomic E-state index is 11.5. The van der Waals surface area contributed by atoms with E-state index in [4.69, 9.17) is 9.47 Å². The second-order valence-electron chi connectivity index (χ2n) is 6.90. The molecule has 1 atom stereocenters. The maximum absolute atomic E-state index is 11.5. The van der Waals surface area contributed by atoms with Gasteiger partial charge in [-0.3, -0.25) is 14.7 Å². The molecular weight excluding hydrogens is 416 g/mol. The Hall–Kier alpha value is -3.07. The average Bonchev–Trinajstić information content (AvgIpc) is 3.09. The van der Waals surface area contributed by atoms with Crippen LogP contribution >= 0.6 is 11.8 Å². The predicted octanol–water partition coefficient (Wildman–Crippen LogP) is 4.79. The number of benzene rings is 2. The van der Waals surface area contributed by atoms with Crippen molar-refractivity contribution in [3.05, 3.63) is 69.5 Å². The number of nitrogens with zero attached hydrogens (tertiary/aromatic N) is 4. The summed E-state index contributed by atoms with van der Waals surface area (Å²) in [5, 5.41) is 20.1. The molecule has 8 nitrogen and oxygen atoms in total. The van der Waals surface area contributed by atoms with E-state index in [-0.39, 0.29) is 11.5 Å². The van der Waals surface area contributed by atoms with Crippen molar-refractivity contribution >= 4 is 11.8 Å². The molecule has 31 heavy (non-hydrogen) atoms. The number of thioether (sulfide) groups is 1. The molecule has 0 saturated carbocycles. The SMILES string of the molecule is CCOc1ccc([C@H](C[N+](=O)[O-])Sc2nnc(C)n2-c2cccc(C)c2)cc1OCC. The normalized spacial score (nSPS) is 11.9. The van der Waals surface area contributed by atoms with Gasteiger partial charge >= 0.3 is 0 Å². The number of hydrogen-bond acceptors (Lipinski definition) is 7. The Labute approximate surface area is 185 Å². The van der Waals surface area contributed by atoms with Gasteiger partial charge in [0.05, 0.1) is 13.2 Å². The van der Waals surface area contributed by atoms with E-state index in [1.807, 2.05) is 68.7 Å². The van der Waals surface area contributed by atoms with E-state index in [0.29, 0.717) is 29.9 Å². The van der Waals surface area contributed by atoms with Gasteiger partial charge in [-0.25, -0.2) is 0 Å². The van der Waals surface area contributed by atoms with Crippen molar-refractivity contribution in [2.24, 2.45) is 0 Å². The lowest BCUT2D eigenvalue weighted by molar-refractivity contribution is -0.479. The van der Waals surface area contributed by atoms with Crippen molar-refractivity contribution in [2.45, 2.75) is 38.1 Å². The van der Waals surface area contributed by atoms with Gasteiger partial charge in [-0.15, -0.1) is 10.2 Å². The van der Waals surface area contributed by atoms with Gasteiger partial charge in [0.2, 0.25) is 6.54 Å². The minimum Gasteiger partial charge on any atom is -0.490 e. The Kier molecular flexibility index (Phi) is 7.51. The standard InChI is InChI=1S/C22H26N4O4S/c1-5-29-19-11-10-17(13-20(19)30-6-2)21(14-25(27)28)31-22-24-23-16(4)26(22)18-9-7-8-15(3)12-18/h7-13,21H,5-6,14H2,1-4H3/t21-/m0/s1. The molecule has 1 aromatic heterocycles. The Bertz CT molecular complexity index is 1050. The molecule has 0 fully saturated rings. The van der Waals surface area contributed by atoms with Crippen LogP contribution in [0.15, 0.2) is 47.6 Å². The summed E-state index contributed by atoms with van der Waals surface area (Å²) in [5.41, 5.74) is 2.80.